The Kier molecular flexibility index (Phi) is 29.2. The van der Waals surface area contributed by atoms with Crippen molar-refractivity contribution in [2.24, 2.45) is 11.5 Å². The highest BCUT2D eigenvalue weighted by atomic mass is 33.1. The fourth-order valence-corrected chi connectivity index (χ4v) is 6.33. The van der Waals surface area contributed by atoms with Crippen LogP contribution in [0.1, 0.15) is 142 Å². The molecule has 6 nitrogen and oxygen atoms in total. The maximum atomic E-state index is 12.1. The fourth-order valence-electron chi connectivity index (χ4n) is 4.12. The summed E-state index contributed by atoms with van der Waals surface area (Å²) in [7, 11) is 2.89. The first-order valence-corrected chi connectivity index (χ1v) is 18.1. The van der Waals surface area contributed by atoms with Crippen molar-refractivity contribution < 1.29 is 19.1 Å². The third-order valence-corrected chi connectivity index (χ3v) is 9.14. The highest BCUT2D eigenvalue weighted by Gasteiger charge is 2.18. The van der Waals surface area contributed by atoms with Gasteiger partial charge in [0.2, 0.25) is 0 Å². The largest absolute Gasteiger partial charge is 0.465 e. The minimum Gasteiger partial charge on any atom is -0.465 e. The Morgan fingerprint density at radius 2 is 0.763 bits per heavy atom. The van der Waals surface area contributed by atoms with Crippen LogP contribution in [0.15, 0.2) is 0 Å². The molecule has 0 aliphatic carbocycles. The lowest BCUT2D eigenvalue weighted by atomic mass is 10.1. The van der Waals surface area contributed by atoms with Gasteiger partial charge < -0.3 is 20.9 Å². The predicted octanol–water partition coefficient (Wildman–Crippen LogP) is 7.95. The van der Waals surface area contributed by atoms with Crippen molar-refractivity contribution in [3.8, 4) is 0 Å². The van der Waals surface area contributed by atoms with Gasteiger partial charge in [-0.25, -0.2) is 0 Å². The Balaban J connectivity index is 3.54. The zero-order valence-corrected chi connectivity index (χ0v) is 26.4. The van der Waals surface area contributed by atoms with Gasteiger partial charge in [0.15, 0.2) is 0 Å². The summed E-state index contributed by atoms with van der Waals surface area (Å²) in [5, 5.41) is 0. The maximum Gasteiger partial charge on any atom is 0.323 e. The summed E-state index contributed by atoms with van der Waals surface area (Å²) in [6, 6.07) is -1.31. The summed E-state index contributed by atoms with van der Waals surface area (Å²) >= 11 is 0. The molecule has 0 radical (unpaired) electrons. The Morgan fingerprint density at radius 3 is 1.05 bits per heavy atom. The first kappa shape index (κ1) is 37.6. The van der Waals surface area contributed by atoms with E-state index in [-0.39, 0.29) is 11.9 Å². The number of carbonyl (C=O) groups excluding carboxylic acids is 2. The van der Waals surface area contributed by atoms with E-state index in [1.165, 1.54) is 124 Å². The van der Waals surface area contributed by atoms with Crippen molar-refractivity contribution in [2.75, 3.05) is 24.7 Å². The van der Waals surface area contributed by atoms with Gasteiger partial charge in [-0.1, -0.05) is 151 Å². The third-order valence-electron chi connectivity index (χ3n) is 6.67. The lowest BCUT2D eigenvalue weighted by Gasteiger charge is -2.13. The van der Waals surface area contributed by atoms with Gasteiger partial charge in [0.25, 0.3) is 0 Å². The van der Waals surface area contributed by atoms with E-state index in [2.05, 4.69) is 13.8 Å². The van der Waals surface area contributed by atoms with Gasteiger partial charge in [0.1, 0.15) is 12.1 Å². The summed E-state index contributed by atoms with van der Waals surface area (Å²) in [5.41, 5.74) is 11.9. The van der Waals surface area contributed by atoms with Gasteiger partial charge in [0, 0.05) is 11.5 Å². The van der Waals surface area contributed by atoms with E-state index in [0.29, 0.717) is 24.7 Å². The molecule has 1 unspecified atom stereocenters. The molecule has 0 rings (SSSR count). The van der Waals surface area contributed by atoms with E-state index in [0.717, 1.165) is 25.7 Å². The van der Waals surface area contributed by atoms with E-state index in [4.69, 9.17) is 20.9 Å². The second-order valence-corrected chi connectivity index (χ2v) is 13.0. The molecule has 0 heterocycles. The normalized spacial score (nSPS) is 12.8. The predicted molar refractivity (Wildman–Crippen MR) is 166 cm³/mol. The molecule has 8 heteroatoms. The minimum absolute atomic E-state index is 0.353. The molecule has 0 saturated carbocycles. The van der Waals surface area contributed by atoms with E-state index in [1.807, 2.05) is 0 Å². The standard InChI is InChI=1S/C30H60N2O4S2/c1-3-5-7-9-11-13-15-17-19-21-23-35-29(33)27(31)25-37-38-26-28(32)30(34)36-24-22-20-18-16-14-12-10-8-6-4-2/h27-28H,3-26,31-32H2,1-2H3/t27-,28?/m0/s1. The number of carbonyl (C=O) groups is 2. The molecule has 226 valence electrons. The van der Waals surface area contributed by atoms with Crippen LogP contribution < -0.4 is 11.5 Å². The van der Waals surface area contributed by atoms with E-state index < -0.39 is 12.1 Å². The van der Waals surface area contributed by atoms with Crippen LogP contribution in [0.2, 0.25) is 0 Å². The van der Waals surface area contributed by atoms with Crippen molar-refractivity contribution in [3.05, 3.63) is 0 Å². The molecule has 0 aromatic carbocycles. The second kappa shape index (κ2) is 29.5. The van der Waals surface area contributed by atoms with Crippen LogP contribution in [0.3, 0.4) is 0 Å². The highest BCUT2D eigenvalue weighted by Crippen LogP contribution is 2.22. The number of unbranched alkanes of at least 4 members (excludes halogenated alkanes) is 18. The zero-order valence-electron chi connectivity index (χ0n) is 24.7. The second-order valence-electron chi connectivity index (χ2n) is 10.5. The van der Waals surface area contributed by atoms with Crippen molar-refractivity contribution in [1.82, 2.24) is 0 Å². The molecule has 38 heavy (non-hydrogen) atoms. The summed E-state index contributed by atoms with van der Waals surface area (Å²) in [4.78, 5) is 24.1. The monoisotopic (exact) mass is 576 g/mol. The minimum atomic E-state index is -0.657. The molecule has 0 saturated heterocycles. The van der Waals surface area contributed by atoms with Gasteiger partial charge in [-0.2, -0.15) is 0 Å². The number of nitrogens with two attached hydrogens (primary N) is 2. The zero-order chi connectivity index (χ0) is 28.1. The molecule has 4 N–H and O–H groups in total. The number of esters is 2. The Labute approximate surface area is 242 Å². The molecule has 0 aliphatic heterocycles. The summed E-state index contributed by atoms with van der Waals surface area (Å²) in [6.07, 6.45) is 24.9. The van der Waals surface area contributed by atoms with Crippen molar-refractivity contribution >= 4 is 33.5 Å². The summed E-state index contributed by atoms with van der Waals surface area (Å²) in [6.45, 7) is 5.37. The summed E-state index contributed by atoms with van der Waals surface area (Å²) in [5.74, 6) is 0.160. The van der Waals surface area contributed by atoms with Crippen molar-refractivity contribution in [1.29, 1.82) is 0 Å². The van der Waals surface area contributed by atoms with Gasteiger partial charge in [-0.05, 0) is 12.8 Å². The van der Waals surface area contributed by atoms with Crippen LogP contribution in [-0.4, -0.2) is 48.7 Å². The maximum absolute atomic E-state index is 12.1. The average molecular weight is 577 g/mol. The topological polar surface area (TPSA) is 105 Å². The Hall–Kier alpha value is -0.440. The number of hydrogen-bond acceptors (Lipinski definition) is 8. The van der Waals surface area contributed by atoms with E-state index >= 15 is 0 Å². The van der Waals surface area contributed by atoms with Gasteiger partial charge >= 0.3 is 11.9 Å². The van der Waals surface area contributed by atoms with Crippen LogP contribution >= 0.6 is 21.6 Å². The molecular formula is C30H60N2O4S2. The summed E-state index contributed by atoms with van der Waals surface area (Å²) < 4.78 is 10.6. The quantitative estimate of drug-likeness (QED) is 0.0525. The lowest BCUT2D eigenvalue weighted by Crippen LogP contribution is -2.35. The lowest BCUT2D eigenvalue weighted by molar-refractivity contribution is -0.145. The van der Waals surface area contributed by atoms with Crippen molar-refractivity contribution in [3.63, 3.8) is 0 Å². The average Bonchev–Trinajstić information content (AvgIpc) is 2.92. The van der Waals surface area contributed by atoms with Crippen LogP contribution in [0, 0.1) is 0 Å². The van der Waals surface area contributed by atoms with Crippen LogP contribution in [0.5, 0.6) is 0 Å². The van der Waals surface area contributed by atoms with Gasteiger partial charge in [0.05, 0.1) is 13.2 Å². The molecular weight excluding hydrogens is 516 g/mol. The highest BCUT2D eigenvalue weighted by molar-refractivity contribution is 8.76. The third kappa shape index (κ3) is 25.8. The van der Waals surface area contributed by atoms with Crippen LogP contribution in [0.4, 0.5) is 0 Å². The fraction of sp³-hybridized carbons (Fsp3) is 0.933. The first-order chi connectivity index (χ1) is 18.5. The van der Waals surface area contributed by atoms with Gasteiger partial charge in [-0.3, -0.25) is 9.59 Å². The first-order valence-electron chi connectivity index (χ1n) is 15.6. The van der Waals surface area contributed by atoms with Crippen LogP contribution in [-0.2, 0) is 19.1 Å². The number of rotatable bonds is 29. The Morgan fingerprint density at radius 1 is 0.500 bits per heavy atom. The van der Waals surface area contributed by atoms with Gasteiger partial charge in [-0.15, -0.1) is 0 Å². The molecule has 0 bridgehead atoms. The number of hydrogen-bond donors (Lipinski definition) is 2. The molecule has 0 aromatic heterocycles. The SMILES string of the molecule is CCCCCCCCCCCCOC(=O)C(N)CSSC[C@H](N)C(=O)OCCCCCCCCCCCC. The van der Waals surface area contributed by atoms with Crippen LogP contribution in [0.25, 0.3) is 0 Å². The molecule has 0 aliphatic rings. The molecule has 0 amide bonds. The molecule has 0 fully saturated rings. The number of ether oxygens (including phenoxy) is 2. The molecule has 0 aromatic rings. The van der Waals surface area contributed by atoms with E-state index in [9.17, 15) is 9.59 Å². The van der Waals surface area contributed by atoms with E-state index in [1.54, 1.807) is 0 Å². The van der Waals surface area contributed by atoms with Crippen molar-refractivity contribution in [2.45, 2.75) is 154 Å². The smallest absolute Gasteiger partial charge is 0.323 e. The molecule has 2 atom stereocenters. The molecule has 0 spiro atoms. The Bertz CT molecular complexity index is 494.